The first kappa shape index (κ1) is 15.4. The molecule has 0 aromatic carbocycles. The molecule has 0 bridgehead atoms. The Morgan fingerprint density at radius 1 is 1.44 bits per heavy atom. The molecule has 106 valence electrons. The smallest absolute Gasteiger partial charge is 0.246 e. The summed E-state index contributed by atoms with van der Waals surface area (Å²) in [6.45, 7) is 9.19. The third-order valence-electron chi connectivity index (χ3n) is 3.31. The van der Waals surface area contributed by atoms with Gasteiger partial charge in [0.1, 0.15) is 6.61 Å². The summed E-state index contributed by atoms with van der Waals surface area (Å²) < 4.78 is 5.48. The molecule has 4 heteroatoms. The molecule has 0 aliphatic carbocycles. The molecular weight excluding hydrogens is 228 g/mol. The van der Waals surface area contributed by atoms with Crippen LogP contribution >= 0.6 is 0 Å². The summed E-state index contributed by atoms with van der Waals surface area (Å²) in [6, 6.07) is 0.895. The summed E-state index contributed by atoms with van der Waals surface area (Å²) in [5.74, 6) is 0.000438. The van der Waals surface area contributed by atoms with Crippen molar-refractivity contribution in [2.24, 2.45) is 0 Å². The van der Waals surface area contributed by atoms with Crippen LogP contribution in [-0.2, 0) is 9.53 Å². The summed E-state index contributed by atoms with van der Waals surface area (Å²) in [4.78, 5) is 14.1. The molecule has 2 atom stereocenters. The van der Waals surface area contributed by atoms with Gasteiger partial charge < -0.3 is 15.0 Å². The van der Waals surface area contributed by atoms with Gasteiger partial charge in [0, 0.05) is 18.6 Å². The van der Waals surface area contributed by atoms with Gasteiger partial charge in [0.2, 0.25) is 5.91 Å². The molecule has 1 aliphatic heterocycles. The number of nitrogens with one attached hydrogen (secondary N) is 1. The minimum absolute atomic E-state index is 0.000438. The Hall–Kier alpha value is -0.610. The van der Waals surface area contributed by atoms with E-state index in [0.29, 0.717) is 6.04 Å². The fourth-order valence-corrected chi connectivity index (χ4v) is 2.41. The third-order valence-corrected chi connectivity index (χ3v) is 3.31. The van der Waals surface area contributed by atoms with Gasteiger partial charge in [-0.2, -0.15) is 0 Å². The third kappa shape index (κ3) is 5.36. The molecule has 4 nitrogen and oxygen atoms in total. The van der Waals surface area contributed by atoms with Crippen LogP contribution in [-0.4, -0.2) is 48.7 Å². The van der Waals surface area contributed by atoms with Crippen LogP contribution in [0.25, 0.3) is 0 Å². The molecule has 1 rings (SSSR count). The molecule has 0 radical (unpaired) electrons. The zero-order valence-corrected chi connectivity index (χ0v) is 12.5. The van der Waals surface area contributed by atoms with E-state index in [9.17, 15) is 4.79 Å². The van der Waals surface area contributed by atoms with Crippen LogP contribution in [0.4, 0.5) is 0 Å². The number of carbonyl (C=O) groups excluding carboxylic acids is 1. The fourth-order valence-electron chi connectivity index (χ4n) is 2.41. The van der Waals surface area contributed by atoms with Crippen LogP contribution in [0.2, 0.25) is 0 Å². The lowest BCUT2D eigenvalue weighted by molar-refractivity contribution is -0.131. The average molecular weight is 256 g/mol. The quantitative estimate of drug-likeness (QED) is 0.815. The van der Waals surface area contributed by atoms with Crippen molar-refractivity contribution < 1.29 is 9.53 Å². The van der Waals surface area contributed by atoms with Gasteiger partial charge in [0.15, 0.2) is 0 Å². The minimum atomic E-state index is -0.255. The van der Waals surface area contributed by atoms with Gasteiger partial charge in [-0.1, -0.05) is 13.3 Å². The monoisotopic (exact) mass is 256 g/mol. The molecule has 1 aliphatic rings. The largest absolute Gasteiger partial charge is 0.366 e. The summed E-state index contributed by atoms with van der Waals surface area (Å²) >= 11 is 0. The zero-order chi connectivity index (χ0) is 13.8. The van der Waals surface area contributed by atoms with E-state index in [1.54, 1.807) is 0 Å². The number of carbonyl (C=O) groups is 1. The summed E-state index contributed by atoms with van der Waals surface area (Å²) in [5, 5.41) is 3.06. The Morgan fingerprint density at radius 2 is 2.11 bits per heavy atom. The summed E-state index contributed by atoms with van der Waals surface area (Å²) in [7, 11) is 2.14. The standard InChI is InChI=1S/C14H28N2O2/c1-6-7-12-8-11(9-16(12)5)15-13(17)10-18-14(2,3)4/h11-12H,6-10H2,1-5H3,(H,15,17)/t11-,12?/m1/s1. The Balaban J connectivity index is 2.29. The lowest BCUT2D eigenvalue weighted by Gasteiger charge is -2.20. The number of ether oxygens (including phenoxy) is 1. The zero-order valence-electron chi connectivity index (χ0n) is 12.5. The molecular formula is C14H28N2O2. The number of likely N-dealkylation sites (tertiary alicyclic amines) is 1. The van der Waals surface area contributed by atoms with Crippen molar-refractivity contribution in [3.8, 4) is 0 Å². The van der Waals surface area contributed by atoms with Crippen molar-refractivity contribution in [3.05, 3.63) is 0 Å². The van der Waals surface area contributed by atoms with Gasteiger partial charge in [-0.3, -0.25) is 4.79 Å². The fraction of sp³-hybridized carbons (Fsp3) is 0.929. The molecule has 1 fully saturated rings. The number of nitrogens with zero attached hydrogens (tertiary/aromatic N) is 1. The highest BCUT2D eigenvalue weighted by Crippen LogP contribution is 2.19. The van der Waals surface area contributed by atoms with Crippen molar-refractivity contribution in [3.63, 3.8) is 0 Å². The molecule has 1 N–H and O–H groups in total. The van der Waals surface area contributed by atoms with Crippen LogP contribution in [0.15, 0.2) is 0 Å². The molecule has 1 heterocycles. The van der Waals surface area contributed by atoms with Crippen LogP contribution in [0.1, 0.15) is 47.0 Å². The topological polar surface area (TPSA) is 41.6 Å². The number of hydrogen-bond acceptors (Lipinski definition) is 3. The Bertz CT molecular complexity index is 273. The maximum atomic E-state index is 11.8. The first-order valence-corrected chi connectivity index (χ1v) is 6.95. The van der Waals surface area contributed by atoms with Crippen molar-refractivity contribution >= 4 is 5.91 Å². The van der Waals surface area contributed by atoms with Gasteiger partial charge in [0.05, 0.1) is 5.60 Å². The number of rotatable bonds is 5. The van der Waals surface area contributed by atoms with E-state index in [-0.39, 0.29) is 24.2 Å². The molecule has 0 aromatic rings. The van der Waals surface area contributed by atoms with E-state index in [1.165, 1.54) is 12.8 Å². The summed E-state index contributed by atoms with van der Waals surface area (Å²) in [5.41, 5.74) is -0.255. The predicted molar refractivity (Wildman–Crippen MR) is 73.6 cm³/mol. The Kier molecular flexibility index (Phi) is 5.60. The predicted octanol–water partition coefficient (Wildman–Crippen LogP) is 1.79. The highest BCUT2D eigenvalue weighted by Gasteiger charge is 2.29. The molecule has 0 saturated carbocycles. The van der Waals surface area contributed by atoms with Gasteiger partial charge in [-0.05, 0) is 40.7 Å². The SMILES string of the molecule is CCCC1C[C@@H](NC(=O)COC(C)(C)C)CN1C. The van der Waals surface area contributed by atoms with E-state index < -0.39 is 0 Å². The second kappa shape index (κ2) is 6.53. The minimum Gasteiger partial charge on any atom is -0.366 e. The second-order valence-electron chi connectivity index (χ2n) is 6.28. The lowest BCUT2D eigenvalue weighted by atomic mass is 10.1. The molecule has 1 saturated heterocycles. The van der Waals surface area contributed by atoms with E-state index in [0.717, 1.165) is 13.0 Å². The molecule has 0 spiro atoms. The van der Waals surface area contributed by atoms with Crippen molar-refractivity contribution in [1.82, 2.24) is 10.2 Å². The van der Waals surface area contributed by atoms with Gasteiger partial charge in [-0.25, -0.2) is 0 Å². The maximum absolute atomic E-state index is 11.8. The molecule has 0 aromatic heterocycles. The van der Waals surface area contributed by atoms with E-state index in [1.807, 2.05) is 20.8 Å². The molecule has 18 heavy (non-hydrogen) atoms. The maximum Gasteiger partial charge on any atom is 0.246 e. The van der Waals surface area contributed by atoms with Gasteiger partial charge in [-0.15, -0.1) is 0 Å². The average Bonchev–Trinajstić information content (AvgIpc) is 2.56. The number of likely N-dealkylation sites (N-methyl/N-ethyl adjacent to an activating group) is 1. The number of amides is 1. The van der Waals surface area contributed by atoms with Crippen LogP contribution in [0.3, 0.4) is 0 Å². The van der Waals surface area contributed by atoms with E-state index in [2.05, 4.69) is 24.2 Å². The van der Waals surface area contributed by atoms with Crippen LogP contribution in [0, 0.1) is 0 Å². The van der Waals surface area contributed by atoms with Crippen LogP contribution in [0.5, 0.6) is 0 Å². The van der Waals surface area contributed by atoms with Crippen molar-refractivity contribution in [2.45, 2.75) is 64.6 Å². The van der Waals surface area contributed by atoms with Crippen molar-refractivity contribution in [1.29, 1.82) is 0 Å². The summed E-state index contributed by atoms with van der Waals surface area (Å²) in [6.07, 6.45) is 3.47. The first-order valence-electron chi connectivity index (χ1n) is 6.95. The Labute approximate surface area is 111 Å². The highest BCUT2D eigenvalue weighted by atomic mass is 16.5. The van der Waals surface area contributed by atoms with E-state index in [4.69, 9.17) is 4.74 Å². The highest BCUT2D eigenvalue weighted by molar-refractivity contribution is 5.77. The van der Waals surface area contributed by atoms with Crippen molar-refractivity contribution in [2.75, 3.05) is 20.2 Å². The molecule has 1 unspecified atom stereocenters. The first-order chi connectivity index (χ1) is 8.31. The van der Waals surface area contributed by atoms with Gasteiger partial charge >= 0.3 is 0 Å². The Morgan fingerprint density at radius 3 is 2.67 bits per heavy atom. The normalized spacial score (nSPS) is 25.4. The molecule has 1 amide bonds. The van der Waals surface area contributed by atoms with Crippen LogP contribution < -0.4 is 5.32 Å². The number of hydrogen-bond donors (Lipinski definition) is 1. The second-order valence-corrected chi connectivity index (χ2v) is 6.28. The van der Waals surface area contributed by atoms with Gasteiger partial charge in [0.25, 0.3) is 0 Å². The van der Waals surface area contributed by atoms with E-state index >= 15 is 0 Å². The lowest BCUT2D eigenvalue weighted by Crippen LogP contribution is -2.40.